The van der Waals surface area contributed by atoms with Crippen LogP contribution >= 0.6 is 0 Å². The van der Waals surface area contributed by atoms with Gasteiger partial charge in [-0.2, -0.15) is 0 Å². The number of rotatable bonds is 2. The van der Waals surface area contributed by atoms with Crippen molar-refractivity contribution in [2.24, 2.45) is 5.41 Å². The van der Waals surface area contributed by atoms with E-state index in [1.165, 1.54) is 0 Å². The third-order valence-corrected chi connectivity index (χ3v) is 3.09. The first-order valence-electron chi connectivity index (χ1n) is 4.59. The Hall–Kier alpha value is -0.570. The molecule has 0 bridgehead atoms. The average Bonchev–Trinajstić information content (AvgIpc) is 2.26. The van der Waals surface area contributed by atoms with Crippen LogP contribution in [0.15, 0.2) is 0 Å². The summed E-state index contributed by atoms with van der Waals surface area (Å²) in [7, 11) is 0. The number of hydrogen-bond acceptors (Lipinski definition) is 3. The Morgan fingerprint density at radius 3 is 2.75 bits per heavy atom. The van der Waals surface area contributed by atoms with Gasteiger partial charge in [0.05, 0.1) is 5.41 Å². The van der Waals surface area contributed by atoms with Crippen LogP contribution in [0.25, 0.3) is 0 Å². The van der Waals surface area contributed by atoms with Crippen molar-refractivity contribution in [2.45, 2.75) is 38.2 Å². The zero-order chi connectivity index (χ0) is 8.60. The van der Waals surface area contributed by atoms with Crippen molar-refractivity contribution in [3.63, 3.8) is 0 Å². The van der Waals surface area contributed by atoms with E-state index < -0.39 is 0 Å². The molecule has 1 saturated heterocycles. The Morgan fingerprint density at radius 1 is 1.58 bits per heavy atom. The first-order chi connectivity index (χ1) is 5.77. The van der Waals surface area contributed by atoms with Gasteiger partial charge in [0.15, 0.2) is 0 Å². The highest BCUT2D eigenvalue weighted by molar-refractivity contribution is 5.80. The number of carbonyl (C=O) groups excluding carboxylic acids is 1. The average molecular weight is 170 g/mol. The number of ether oxygens (including phenoxy) is 1. The number of aliphatic hydroxyl groups is 1. The number of esters is 1. The second-order valence-electron chi connectivity index (χ2n) is 3.88. The Morgan fingerprint density at radius 2 is 2.33 bits per heavy atom. The first-order valence-corrected chi connectivity index (χ1v) is 4.59. The number of carbonyl (C=O) groups is 1. The summed E-state index contributed by atoms with van der Waals surface area (Å²) in [6.45, 7) is 0.119. The molecule has 2 aliphatic rings. The predicted octanol–water partition coefficient (Wildman–Crippen LogP) is 0.855. The Bertz CT molecular complexity index is 196. The molecule has 0 aromatic carbocycles. The summed E-state index contributed by atoms with van der Waals surface area (Å²) in [6.07, 6.45) is 4.57. The molecule has 1 N–H and O–H groups in total. The fraction of sp³-hybridized carbons (Fsp3) is 0.889. The lowest BCUT2D eigenvalue weighted by molar-refractivity contribution is -0.152. The zero-order valence-corrected chi connectivity index (χ0v) is 7.08. The van der Waals surface area contributed by atoms with E-state index in [1.807, 2.05) is 0 Å². The minimum atomic E-state index is -0.125. The minimum absolute atomic E-state index is 0.0113. The summed E-state index contributed by atoms with van der Waals surface area (Å²) in [5, 5.41) is 8.68. The highest BCUT2D eigenvalue weighted by Gasteiger charge is 2.52. The maximum absolute atomic E-state index is 11.4. The molecule has 0 aromatic heterocycles. The van der Waals surface area contributed by atoms with Gasteiger partial charge >= 0.3 is 5.97 Å². The van der Waals surface area contributed by atoms with Crippen LogP contribution in [-0.4, -0.2) is 23.8 Å². The van der Waals surface area contributed by atoms with E-state index in [0.717, 1.165) is 25.7 Å². The minimum Gasteiger partial charge on any atom is -0.462 e. The zero-order valence-electron chi connectivity index (χ0n) is 7.08. The highest BCUT2D eigenvalue weighted by Crippen LogP contribution is 2.50. The fourth-order valence-corrected chi connectivity index (χ4v) is 2.15. The molecule has 1 aliphatic heterocycles. The van der Waals surface area contributed by atoms with Gasteiger partial charge in [-0.25, -0.2) is 0 Å². The number of aliphatic hydroxyl groups excluding tert-OH is 1. The van der Waals surface area contributed by atoms with Crippen molar-refractivity contribution in [3.8, 4) is 0 Å². The summed E-state index contributed by atoms with van der Waals surface area (Å²) in [6, 6.07) is 0. The van der Waals surface area contributed by atoms with E-state index in [2.05, 4.69) is 0 Å². The van der Waals surface area contributed by atoms with Crippen LogP contribution < -0.4 is 0 Å². The number of hydrogen-bond donors (Lipinski definition) is 1. The molecule has 2 rings (SSSR count). The molecule has 2 fully saturated rings. The van der Waals surface area contributed by atoms with E-state index in [4.69, 9.17) is 9.84 Å². The largest absolute Gasteiger partial charge is 0.462 e. The molecule has 3 heteroatoms. The Labute approximate surface area is 71.7 Å². The van der Waals surface area contributed by atoms with Crippen molar-refractivity contribution < 1.29 is 14.6 Å². The second kappa shape index (κ2) is 2.73. The maximum Gasteiger partial charge on any atom is 0.312 e. The normalized spacial score (nSPS) is 31.8. The summed E-state index contributed by atoms with van der Waals surface area (Å²) < 4.78 is 5.16. The maximum atomic E-state index is 11.4. The van der Waals surface area contributed by atoms with Crippen LogP contribution in [-0.2, 0) is 9.53 Å². The van der Waals surface area contributed by atoms with Gasteiger partial charge in [-0.1, -0.05) is 6.42 Å². The van der Waals surface area contributed by atoms with Crippen molar-refractivity contribution in [1.29, 1.82) is 0 Å². The summed E-state index contributed by atoms with van der Waals surface area (Å²) in [5.74, 6) is -0.0211. The third-order valence-electron chi connectivity index (χ3n) is 3.09. The molecule has 0 radical (unpaired) electrons. The lowest BCUT2D eigenvalue weighted by Crippen LogP contribution is -2.33. The van der Waals surface area contributed by atoms with Gasteiger partial charge in [-0.05, 0) is 12.8 Å². The predicted molar refractivity (Wildman–Crippen MR) is 42.5 cm³/mol. The Kier molecular flexibility index (Phi) is 1.83. The van der Waals surface area contributed by atoms with Gasteiger partial charge in [-0.3, -0.25) is 4.79 Å². The molecular weight excluding hydrogens is 156 g/mol. The summed E-state index contributed by atoms with van der Waals surface area (Å²) in [4.78, 5) is 11.4. The molecule has 1 atom stereocenters. The molecule has 0 amide bonds. The molecule has 1 aliphatic carbocycles. The fourth-order valence-electron chi connectivity index (χ4n) is 2.15. The molecule has 1 spiro atoms. The number of cyclic esters (lactones) is 1. The third kappa shape index (κ3) is 1.04. The summed E-state index contributed by atoms with van der Waals surface area (Å²) >= 11 is 0. The SMILES string of the molecule is O=C1OC(CCO)CC12CCC2. The van der Waals surface area contributed by atoms with Crippen LogP contribution in [0.4, 0.5) is 0 Å². The van der Waals surface area contributed by atoms with Gasteiger partial charge in [0.25, 0.3) is 0 Å². The van der Waals surface area contributed by atoms with Crippen molar-refractivity contribution in [1.82, 2.24) is 0 Å². The van der Waals surface area contributed by atoms with E-state index in [9.17, 15) is 4.79 Å². The van der Waals surface area contributed by atoms with Gasteiger partial charge in [-0.15, -0.1) is 0 Å². The summed E-state index contributed by atoms with van der Waals surface area (Å²) in [5.41, 5.74) is -0.125. The monoisotopic (exact) mass is 170 g/mol. The van der Waals surface area contributed by atoms with E-state index in [-0.39, 0.29) is 24.1 Å². The quantitative estimate of drug-likeness (QED) is 0.625. The van der Waals surface area contributed by atoms with E-state index in [1.54, 1.807) is 0 Å². The van der Waals surface area contributed by atoms with Crippen molar-refractivity contribution >= 4 is 5.97 Å². The van der Waals surface area contributed by atoms with Gasteiger partial charge in [0, 0.05) is 19.4 Å². The molecular formula is C9H14O3. The highest BCUT2D eigenvalue weighted by atomic mass is 16.6. The molecule has 12 heavy (non-hydrogen) atoms. The van der Waals surface area contributed by atoms with Crippen molar-refractivity contribution in [3.05, 3.63) is 0 Å². The molecule has 0 aromatic rings. The molecule has 3 nitrogen and oxygen atoms in total. The van der Waals surface area contributed by atoms with Crippen LogP contribution in [0.5, 0.6) is 0 Å². The lowest BCUT2D eigenvalue weighted by atomic mass is 9.67. The van der Waals surface area contributed by atoms with Crippen LogP contribution in [0.3, 0.4) is 0 Å². The standard InChI is InChI=1S/C9H14O3/c10-5-2-7-6-9(3-1-4-9)8(11)12-7/h7,10H,1-6H2. The molecule has 1 unspecified atom stereocenters. The van der Waals surface area contributed by atoms with Gasteiger partial charge < -0.3 is 9.84 Å². The smallest absolute Gasteiger partial charge is 0.312 e. The van der Waals surface area contributed by atoms with E-state index in [0.29, 0.717) is 6.42 Å². The van der Waals surface area contributed by atoms with Crippen LogP contribution in [0.1, 0.15) is 32.1 Å². The molecule has 1 saturated carbocycles. The van der Waals surface area contributed by atoms with E-state index >= 15 is 0 Å². The van der Waals surface area contributed by atoms with Crippen LogP contribution in [0, 0.1) is 5.41 Å². The van der Waals surface area contributed by atoms with Gasteiger partial charge in [0.1, 0.15) is 6.10 Å². The topological polar surface area (TPSA) is 46.5 Å². The van der Waals surface area contributed by atoms with Crippen molar-refractivity contribution in [2.75, 3.05) is 6.61 Å². The molecule has 68 valence electrons. The first kappa shape index (κ1) is 8.05. The second-order valence-corrected chi connectivity index (χ2v) is 3.88. The van der Waals surface area contributed by atoms with Crippen LogP contribution in [0.2, 0.25) is 0 Å². The Balaban J connectivity index is 1.98. The lowest BCUT2D eigenvalue weighted by Gasteiger charge is -2.33. The molecule has 1 heterocycles. The van der Waals surface area contributed by atoms with Gasteiger partial charge in [0.2, 0.25) is 0 Å².